The quantitative estimate of drug-likeness (QED) is 0.103. The van der Waals surface area contributed by atoms with Crippen molar-refractivity contribution in [2.75, 3.05) is 21.3 Å². The molecule has 48 heavy (non-hydrogen) atoms. The number of hydrogen-bond donors (Lipinski definition) is 6. The van der Waals surface area contributed by atoms with Crippen LogP contribution in [-0.4, -0.2) is 22.3 Å². The lowest BCUT2D eigenvalue weighted by Gasteiger charge is -2.12. The summed E-state index contributed by atoms with van der Waals surface area (Å²) in [5.74, 6) is -0.158. The van der Waals surface area contributed by atoms with E-state index in [0.717, 1.165) is 33.7 Å². The van der Waals surface area contributed by atoms with Crippen molar-refractivity contribution in [2.24, 2.45) is 0 Å². The number of phenols is 2. The zero-order chi connectivity index (χ0) is 34.4. The summed E-state index contributed by atoms with van der Waals surface area (Å²) in [4.78, 5) is 24.1. The fourth-order valence-electron chi connectivity index (χ4n) is 4.59. The second-order valence-corrected chi connectivity index (χ2v) is 11.1. The largest absolute Gasteiger partial charge is 0.506 e. The van der Waals surface area contributed by atoms with Crippen LogP contribution in [-0.2, 0) is 6.18 Å². The second kappa shape index (κ2) is 14.4. The number of nitrogens with one attached hydrogen (secondary N) is 4. The monoisotopic (exact) mass is 692 g/mol. The van der Waals surface area contributed by atoms with Crippen molar-refractivity contribution in [3.8, 4) is 11.5 Å². The molecule has 6 aromatic rings. The lowest BCUT2D eigenvalue weighted by Crippen LogP contribution is -2.19. The first-order valence-electron chi connectivity index (χ1n) is 14.1. The summed E-state index contributed by atoms with van der Waals surface area (Å²) in [5.41, 5.74) is -0.0223. The summed E-state index contributed by atoms with van der Waals surface area (Å²) in [6.45, 7) is 0. The number of aromatic hydroxyl groups is 2. The first-order valence-corrected chi connectivity index (χ1v) is 14.8. The van der Waals surface area contributed by atoms with Gasteiger partial charge in [-0.25, -0.2) is 9.59 Å². The van der Waals surface area contributed by atoms with Crippen molar-refractivity contribution in [3.05, 3.63) is 131 Å². The van der Waals surface area contributed by atoms with E-state index in [1.165, 1.54) is 18.2 Å². The Balaban J connectivity index is 0.000000188. The third-order valence-electron chi connectivity index (χ3n) is 6.87. The first kappa shape index (κ1) is 33.7. The van der Waals surface area contributed by atoms with E-state index < -0.39 is 23.8 Å². The molecule has 0 heterocycles. The summed E-state index contributed by atoms with van der Waals surface area (Å²) < 4.78 is 38.1. The molecule has 0 fully saturated rings. The van der Waals surface area contributed by atoms with Gasteiger partial charge in [-0.1, -0.05) is 83.9 Å². The van der Waals surface area contributed by atoms with Crippen molar-refractivity contribution in [1.82, 2.24) is 0 Å². The van der Waals surface area contributed by atoms with Crippen molar-refractivity contribution < 1.29 is 33.0 Å². The Kier molecular flexibility index (Phi) is 10.1. The van der Waals surface area contributed by atoms with Gasteiger partial charge in [0.2, 0.25) is 0 Å². The van der Waals surface area contributed by atoms with Gasteiger partial charge in [0.25, 0.3) is 0 Å². The predicted octanol–water partition coefficient (Wildman–Crippen LogP) is 10.7. The minimum Gasteiger partial charge on any atom is -0.506 e. The van der Waals surface area contributed by atoms with Gasteiger partial charge in [-0.2, -0.15) is 13.2 Å². The lowest BCUT2D eigenvalue weighted by atomic mass is 10.1. The van der Waals surface area contributed by atoms with Gasteiger partial charge >= 0.3 is 18.2 Å². The third-order valence-corrected chi connectivity index (χ3v) is 7.69. The summed E-state index contributed by atoms with van der Waals surface area (Å²) in [6.07, 6.45) is -4.50. The molecule has 0 spiro atoms. The average Bonchev–Trinajstić information content (AvgIpc) is 3.04. The molecule has 0 aliphatic rings. The highest BCUT2D eigenvalue weighted by atomic mass is 35.5. The number of carbonyl (C=O) groups is 2. The number of halogens is 5. The molecule has 0 atom stereocenters. The molecule has 6 aromatic carbocycles. The van der Waals surface area contributed by atoms with Crippen LogP contribution in [0.3, 0.4) is 0 Å². The van der Waals surface area contributed by atoms with E-state index >= 15 is 0 Å². The van der Waals surface area contributed by atoms with Crippen LogP contribution in [0.2, 0.25) is 10.0 Å². The molecule has 6 N–H and O–H groups in total. The molecule has 0 aliphatic heterocycles. The molecule has 0 aliphatic carbocycles. The van der Waals surface area contributed by atoms with E-state index in [1.54, 1.807) is 36.4 Å². The Hall–Kier alpha value is -5.65. The van der Waals surface area contributed by atoms with Gasteiger partial charge in [-0.15, -0.1) is 0 Å². The summed E-state index contributed by atoms with van der Waals surface area (Å²) in [5, 5.41) is 33.9. The number of phenolic OH excluding ortho intramolecular Hbond substituents is 2. The standard InChI is InChI=1S/C18H13F3N2O2.C17H12Cl2N2O2/c19-18(20,21)13-6-3-7-14(10-13)22-17(25)23-15-8-11-4-1-2-5-12(11)9-16(15)24;18-12-6-3-7-13(16(12)19)20-17(23)21-14-8-10-4-1-2-5-11(10)9-15(14)22/h1-10,24H,(H2,22,23,25);1-9,22H,(H2,20,21,23). The fraction of sp³-hybridized carbons (Fsp3) is 0.0286. The van der Waals surface area contributed by atoms with Gasteiger partial charge in [-0.05, 0) is 76.1 Å². The maximum atomic E-state index is 12.7. The Morgan fingerprint density at radius 1 is 0.542 bits per heavy atom. The molecule has 244 valence electrons. The van der Waals surface area contributed by atoms with Gasteiger partial charge in [-0.3, -0.25) is 0 Å². The molecular weight excluding hydrogens is 668 g/mol. The number of carbonyl (C=O) groups excluding carboxylic acids is 2. The lowest BCUT2D eigenvalue weighted by molar-refractivity contribution is -0.137. The molecule has 4 amide bonds. The van der Waals surface area contributed by atoms with Crippen molar-refractivity contribution in [2.45, 2.75) is 6.18 Å². The normalized spacial score (nSPS) is 10.9. The molecule has 0 radical (unpaired) electrons. The molecule has 0 saturated heterocycles. The zero-order valence-corrected chi connectivity index (χ0v) is 26.1. The van der Waals surface area contributed by atoms with Crippen molar-refractivity contribution in [3.63, 3.8) is 0 Å². The van der Waals surface area contributed by atoms with E-state index in [4.69, 9.17) is 23.2 Å². The number of anilines is 4. The van der Waals surface area contributed by atoms with Crippen LogP contribution < -0.4 is 21.3 Å². The zero-order valence-electron chi connectivity index (χ0n) is 24.6. The first-order chi connectivity index (χ1) is 22.9. The van der Waals surface area contributed by atoms with Gasteiger partial charge < -0.3 is 31.5 Å². The molecule has 13 heteroatoms. The maximum Gasteiger partial charge on any atom is 0.416 e. The number of urea groups is 2. The Bertz CT molecular complexity index is 2140. The maximum absolute atomic E-state index is 12.7. The van der Waals surface area contributed by atoms with E-state index in [1.807, 2.05) is 48.5 Å². The number of amides is 4. The van der Waals surface area contributed by atoms with Crippen molar-refractivity contribution in [1.29, 1.82) is 0 Å². The van der Waals surface area contributed by atoms with E-state index in [-0.39, 0.29) is 27.9 Å². The number of fused-ring (bicyclic) bond motifs is 2. The van der Waals surface area contributed by atoms with E-state index in [2.05, 4.69) is 21.3 Å². The molecule has 6 rings (SSSR count). The smallest absolute Gasteiger partial charge is 0.416 e. The van der Waals surface area contributed by atoms with E-state index in [9.17, 15) is 33.0 Å². The Morgan fingerprint density at radius 3 is 1.52 bits per heavy atom. The molecule has 0 saturated carbocycles. The second-order valence-electron chi connectivity index (χ2n) is 10.3. The number of rotatable bonds is 4. The van der Waals surface area contributed by atoms with Crippen LogP contribution in [0.4, 0.5) is 45.5 Å². The number of alkyl halides is 3. The van der Waals surface area contributed by atoms with E-state index in [0.29, 0.717) is 16.4 Å². The summed E-state index contributed by atoms with van der Waals surface area (Å²) >= 11 is 11.9. The highest BCUT2D eigenvalue weighted by Gasteiger charge is 2.30. The highest BCUT2D eigenvalue weighted by Crippen LogP contribution is 2.33. The van der Waals surface area contributed by atoms with Crippen LogP contribution >= 0.6 is 23.2 Å². The van der Waals surface area contributed by atoms with Crippen LogP contribution in [0.1, 0.15) is 5.56 Å². The highest BCUT2D eigenvalue weighted by molar-refractivity contribution is 6.44. The van der Waals surface area contributed by atoms with Crippen LogP contribution in [0.15, 0.2) is 115 Å². The average molecular weight is 694 g/mol. The Morgan fingerprint density at radius 2 is 1.00 bits per heavy atom. The summed E-state index contributed by atoms with van der Waals surface area (Å²) in [6, 6.07) is 29.1. The minimum atomic E-state index is -4.50. The fourth-order valence-corrected chi connectivity index (χ4v) is 4.94. The third kappa shape index (κ3) is 8.38. The minimum absolute atomic E-state index is 0.00685. The molecular formula is C35H25Cl2F3N4O4. The SMILES string of the molecule is O=C(Nc1cc2ccccc2cc1O)Nc1cccc(Cl)c1Cl.O=C(Nc1cccc(C(F)(F)F)c1)Nc1cc2ccccc2cc1O. The topological polar surface area (TPSA) is 123 Å². The van der Waals surface area contributed by atoms with Crippen LogP contribution in [0, 0.1) is 0 Å². The molecule has 0 aromatic heterocycles. The molecule has 0 unspecified atom stereocenters. The van der Waals surface area contributed by atoms with Crippen molar-refractivity contribution >= 4 is 79.6 Å². The number of benzene rings is 6. The van der Waals surface area contributed by atoms with Crippen LogP contribution in [0.25, 0.3) is 21.5 Å². The van der Waals surface area contributed by atoms with Gasteiger partial charge in [0.05, 0.1) is 32.7 Å². The molecule has 8 nitrogen and oxygen atoms in total. The molecule has 0 bridgehead atoms. The van der Waals surface area contributed by atoms with Gasteiger partial charge in [0.15, 0.2) is 0 Å². The van der Waals surface area contributed by atoms with Crippen LogP contribution in [0.5, 0.6) is 11.5 Å². The Labute approximate surface area is 281 Å². The summed E-state index contributed by atoms with van der Waals surface area (Å²) in [7, 11) is 0. The van der Waals surface area contributed by atoms with Gasteiger partial charge in [0, 0.05) is 5.69 Å². The predicted molar refractivity (Wildman–Crippen MR) is 184 cm³/mol. The number of hydrogen-bond acceptors (Lipinski definition) is 4. The van der Waals surface area contributed by atoms with Gasteiger partial charge in [0.1, 0.15) is 11.5 Å².